The number of anilines is 2. The van der Waals surface area contributed by atoms with Crippen molar-refractivity contribution in [3.05, 3.63) is 18.1 Å². The third-order valence-corrected chi connectivity index (χ3v) is 2.92. The third kappa shape index (κ3) is 1.94. The first-order valence-electron chi connectivity index (χ1n) is 5.20. The number of carbonyl (C=O) groups is 1. The number of hydrogen-bond donors (Lipinski definition) is 2. The van der Waals surface area contributed by atoms with Crippen LogP contribution in [-0.4, -0.2) is 36.6 Å². The highest BCUT2D eigenvalue weighted by Gasteiger charge is 2.35. The molecule has 3 rings (SSSR count). The van der Waals surface area contributed by atoms with Crippen molar-refractivity contribution in [2.45, 2.75) is 6.04 Å². The second-order valence-electron chi connectivity index (χ2n) is 3.91. The molecule has 0 unspecified atom stereocenters. The Morgan fingerprint density at radius 2 is 2.29 bits per heavy atom. The van der Waals surface area contributed by atoms with Gasteiger partial charge in [0.1, 0.15) is 6.04 Å². The van der Waals surface area contributed by atoms with Gasteiger partial charge in [0.25, 0.3) is 0 Å². The Kier molecular flexibility index (Phi) is 3.17. The van der Waals surface area contributed by atoms with Crippen molar-refractivity contribution in [1.29, 1.82) is 0 Å². The first-order chi connectivity index (χ1) is 7.75. The molecule has 1 aromatic heterocycles. The molecule has 1 amide bonds. The number of nitrogens with zero attached hydrogens (tertiary/aromatic N) is 2. The quantitative estimate of drug-likeness (QED) is 0.661. The number of amides is 1. The largest absolute Gasteiger partial charge is 0.340 e. The number of aromatic nitrogens is 1. The van der Waals surface area contributed by atoms with E-state index in [0.717, 1.165) is 6.54 Å². The number of piperazine rings is 1. The molecule has 1 fully saturated rings. The molecule has 0 radical (unpaired) electrons. The van der Waals surface area contributed by atoms with Crippen LogP contribution in [0.5, 0.6) is 0 Å². The average molecular weight is 259 g/mol. The summed E-state index contributed by atoms with van der Waals surface area (Å²) in [4.78, 5) is 17.5. The van der Waals surface area contributed by atoms with Crippen molar-refractivity contribution < 1.29 is 9.18 Å². The van der Waals surface area contributed by atoms with Gasteiger partial charge in [0, 0.05) is 19.6 Å². The SMILES string of the molecule is Cl.O=C1Nc2ccc(F)nc2N2CCNC[C@@H]12. The number of pyridine rings is 1. The number of carbonyl (C=O) groups excluding carboxylic acids is 1. The lowest BCUT2D eigenvalue weighted by atomic mass is 10.1. The minimum absolute atomic E-state index is 0. The van der Waals surface area contributed by atoms with E-state index in [4.69, 9.17) is 0 Å². The van der Waals surface area contributed by atoms with Crippen molar-refractivity contribution in [1.82, 2.24) is 10.3 Å². The Morgan fingerprint density at radius 3 is 3.12 bits per heavy atom. The predicted octanol–water partition coefficient (Wildman–Crippen LogP) is 0.373. The Morgan fingerprint density at radius 1 is 1.47 bits per heavy atom. The molecule has 0 saturated carbocycles. The van der Waals surface area contributed by atoms with Crippen LogP contribution in [0.3, 0.4) is 0 Å². The standard InChI is InChI=1S/C10H11FN4O.ClH/c11-8-2-1-6-9(14-8)15-4-3-12-5-7(15)10(16)13-6;/h1-2,7,12H,3-5H2,(H,13,16);1H/t7-;/m0./s1. The second kappa shape index (κ2) is 4.46. The van der Waals surface area contributed by atoms with Crippen LogP contribution < -0.4 is 15.5 Å². The molecular formula is C10H12ClFN4O. The smallest absolute Gasteiger partial charge is 0.248 e. The zero-order chi connectivity index (χ0) is 11.1. The van der Waals surface area contributed by atoms with E-state index in [9.17, 15) is 9.18 Å². The van der Waals surface area contributed by atoms with Crippen LogP contribution >= 0.6 is 12.4 Å². The Bertz CT molecular complexity index is 456. The van der Waals surface area contributed by atoms with Crippen molar-refractivity contribution in [2.24, 2.45) is 0 Å². The molecule has 2 aliphatic heterocycles. The van der Waals surface area contributed by atoms with Gasteiger partial charge in [-0.2, -0.15) is 4.39 Å². The Labute approximate surface area is 104 Å². The molecule has 1 saturated heterocycles. The van der Waals surface area contributed by atoms with E-state index in [1.807, 2.05) is 4.90 Å². The fourth-order valence-electron chi connectivity index (χ4n) is 2.15. The van der Waals surface area contributed by atoms with Gasteiger partial charge in [-0.3, -0.25) is 4.79 Å². The molecule has 0 aromatic carbocycles. The van der Waals surface area contributed by atoms with Gasteiger partial charge in [-0.05, 0) is 12.1 Å². The van der Waals surface area contributed by atoms with E-state index >= 15 is 0 Å². The molecule has 5 nitrogen and oxygen atoms in total. The Hall–Kier alpha value is -1.40. The minimum atomic E-state index is -0.521. The van der Waals surface area contributed by atoms with Crippen molar-refractivity contribution >= 4 is 29.8 Å². The highest BCUT2D eigenvalue weighted by atomic mass is 35.5. The van der Waals surface area contributed by atoms with Crippen molar-refractivity contribution in [3.63, 3.8) is 0 Å². The van der Waals surface area contributed by atoms with E-state index in [1.165, 1.54) is 6.07 Å². The number of nitrogens with one attached hydrogen (secondary N) is 2. The maximum absolute atomic E-state index is 13.1. The van der Waals surface area contributed by atoms with Crippen LogP contribution in [0.4, 0.5) is 15.9 Å². The summed E-state index contributed by atoms with van der Waals surface area (Å²) in [6.07, 6.45) is 0. The lowest BCUT2D eigenvalue weighted by molar-refractivity contribution is -0.117. The van der Waals surface area contributed by atoms with Crippen molar-refractivity contribution in [3.8, 4) is 0 Å². The van der Waals surface area contributed by atoms with Gasteiger partial charge in [-0.1, -0.05) is 0 Å². The molecular weight excluding hydrogens is 247 g/mol. The zero-order valence-corrected chi connectivity index (χ0v) is 9.76. The molecule has 0 aliphatic carbocycles. The second-order valence-corrected chi connectivity index (χ2v) is 3.91. The molecule has 0 bridgehead atoms. The first-order valence-corrected chi connectivity index (χ1v) is 5.20. The number of halogens is 2. The van der Waals surface area contributed by atoms with Crippen LogP contribution in [-0.2, 0) is 4.79 Å². The number of rotatable bonds is 0. The first kappa shape index (κ1) is 12.1. The van der Waals surface area contributed by atoms with Crippen LogP contribution in [0, 0.1) is 5.95 Å². The zero-order valence-electron chi connectivity index (χ0n) is 8.94. The van der Waals surface area contributed by atoms with Crippen LogP contribution in [0.2, 0.25) is 0 Å². The lowest BCUT2D eigenvalue weighted by Crippen LogP contribution is -2.59. The summed E-state index contributed by atoms with van der Waals surface area (Å²) in [5.41, 5.74) is 0.588. The third-order valence-electron chi connectivity index (χ3n) is 2.92. The van der Waals surface area contributed by atoms with Gasteiger partial charge in [0.2, 0.25) is 11.9 Å². The van der Waals surface area contributed by atoms with Crippen LogP contribution in [0.1, 0.15) is 0 Å². The van der Waals surface area contributed by atoms with E-state index in [0.29, 0.717) is 24.6 Å². The van der Waals surface area contributed by atoms with E-state index in [1.54, 1.807) is 6.07 Å². The molecule has 1 aromatic rings. The van der Waals surface area contributed by atoms with Gasteiger partial charge in [0.15, 0.2) is 5.82 Å². The van der Waals surface area contributed by atoms with Crippen molar-refractivity contribution in [2.75, 3.05) is 29.9 Å². The summed E-state index contributed by atoms with van der Waals surface area (Å²) >= 11 is 0. The Balaban J connectivity index is 0.00000108. The lowest BCUT2D eigenvalue weighted by Gasteiger charge is -2.40. The highest BCUT2D eigenvalue weighted by molar-refractivity contribution is 6.03. The van der Waals surface area contributed by atoms with E-state index < -0.39 is 5.95 Å². The fourth-order valence-corrected chi connectivity index (χ4v) is 2.15. The molecule has 92 valence electrons. The summed E-state index contributed by atoms with van der Waals surface area (Å²) < 4.78 is 13.1. The van der Waals surface area contributed by atoms with Gasteiger partial charge in [-0.25, -0.2) is 4.98 Å². The topological polar surface area (TPSA) is 57.3 Å². The highest BCUT2D eigenvalue weighted by Crippen LogP contribution is 2.30. The summed E-state index contributed by atoms with van der Waals surface area (Å²) in [7, 11) is 0. The van der Waals surface area contributed by atoms with E-state index in [-0.39, 0.29) is 24.4 Å². The van der Waals surface area contributed by atoms with Gasteiger partial charge >= 0.3 is 0 Å². The van der Waals surface area contributed by atoms with Gasteiger partial charge < -0.3 is 15.5 Å². The minimum Gasteiger partial charge on any atom is -0.340 e. The monoisotopic (exact) mass is 258 g/mol. The predicted molar refractivity (Wildman–Crippen MR) is 64.1 cm³/mol. The maximum atomic E-state index is 13.1. The van der Waals surface area contributed by atoms with Crippen LogP contribution in [0.25, 0.3) is 0 Å². The number of hydrogen-bond acceptors (Lipinski definition) is 4. The normalized spacial score (nSPS) is 22.1. The van der Waals surface area contributed by atoms with Gasteiger partial charge in [-0.15, -0.1) is 12.4 Å². The molecule has 7 heteroatoms. The van der Waals surface area contributed by atoms with Crippen LogP contribution in [0.15, 0.2) is 12.1 Å². The molecule has 17 heavy (non-hydrogen) atoms. The van der Waals surface area contributed by atoms with E-state index in [2.05, 4.69) is 15.6 Å². The molecule has 2 N–H and O–H groups in total. The molecule has 2 aliphatic rings. The molecule has 0 spiro atoms. The summed E-state index contributed by atoms with van der Waals surface area (Å²) in [6.45, 7) is 2.02. The molecule has 3 heterocycles. The summed E-state index contributed by atoms with van der Waals surface area (Å²) in [5, 5.41) is 5.87. The average Bonchev–Trinajstić information content (AvgIpc) is 2.31. The summed E-state index contributed by atoms with van der Waals surface area (Å²) in [6, 6.07) is 2.52. The fraction of sp³-hybridized carbons (Fsp3) is 0.400. The van der Waals surface area contributed by atoms with Gasteiger partial charge in [0.05, 0.1) is 5.69 Å². The summed E-state index contributed by atoms with van der Waals surface area (Å²) in [5.74, 6) is -0.0496. The maximum Gasteiger partial charge on any atom is 0.248 e. The molecule has 1 atom stereocenters. The number of fused-ring (bicyclic) bond motifs is 3.